The molecule has 1 heterocycles. The van der Waals surface area contributed by atoms with Gasteiger partial charge in [-0.2, -0.15) is 13.2 Å². The zero-order valence-corrected chi connectivity index (χ0v) is 10.3. The normalized spacial score (nSPS) is 30.4. The highest BCUT2D eigenvalue weighted by atomic mass is 19.4. The van der Waals surface area contributed by atoms with Gasteiger partial charge in [0.1, 0.15) is 6.54 Å². The number of fused-ring (bicyclic) bond motifs is 1. The summed E-state index contributed by atoms with van der Waals surface area (Å²) in [6, 6.07) is -1.53. The van der Waals surface area contributed by atoms with Crippen molar-refractivity contribution in [2.75, 3.05) is 6.54 Å². The molecule has 0 aromatic carbocycles. The SMILES string of the molecule is O=C1CN(C(=O)C(F)(F)F)C2CCC(C(=O)O)CC2N1. The lowest BCUT2D eigenvalue weighted by atomic mass is 9.80. The van der Waals surface area contributed by atoms with Crippen molar-refractivity contribution in [1.82, 2.24) is 10.2 Å². The highest BCUT2D eigenvalue weighted by Crippen LogP contribution is 2.32. The summed E-state index contributed by atoms with van der Waals surface area (Å²) in [5, 5.41) is 11.4. The number of halogens is 3. The minimum absolute atomic E-state index is 0.0351. The molecule has 0 spiro atoms. The lowest BCUT2D eigenvalue weighted by molar-refractivity contribution is -0.191. The first kappa shape index (κ1) is 14.6. The summed E-state index contributed by atoms with van der Waals surface area (Å²) < 4.78 is 37.5. The first-order valence-electron chi connectivity index (χ1n) is 6.10. The quantitative estimate of drug-likeness (QED) is 0.719. The van der Waals surface area contributed by atoms with Crippen molar-refractivity contribution in [3.8, 4) is 0 Å². The van der Waals surface area contributed by atoms with Gasteiger partial charge in [0, 0.05) is 0 Å². The third-order valence-corrected chi connectivity index (χ3v) is 3.73. The summed E-state index contributed by atoms with van der Waals surface area (Å²) in [4.78, 5) is 34.2. The van der Waals surface area contributed by atoms with Crippen molar-refractivity contribution in [3.05, 3.63) is 0 Å². The summed E-state index contributed by atoms with van der Waals surface area (Å²) >= 11 is 0. The van der Waals surface area contributed by atoms with Crippen LogP contribution in [0, 0.1) is 5.92 Å². The van der Waals surface area contributed by atoms with E-state index in [-0.39, 0.29) is 19.3 Å². The molecule has 1 aliphatic carbocycles. The van der Waals surface area contributed by atoms with Crippen LogP contribution in [0.3, 0.4) is 0 Å². The van der Waals surface area contributed by atoms with Gasteiger partial charge < -0.3 is 15.3 Å². The molecule has 3 unspecified atom stereocenters. The van der Waals surface area contributed by atoms with Crippen molar-refractivity contribution in [2.24, 2.45) is 5.92 Å². The van der Waals surface area contributed by atoms with Crippen LogP contribution in [0.4, 0.5) is 13.2 Å². The van der Waals surface area contributed by atoms with E-state index in [0.717, 1.165) is 0 Å². The molecule has 3 atom stereocenters. The average molecular weight is 294 g/mol. The maximum absolute atomic E-state index is 12.5. The van der Waals surface area contributed by atoms with Gasteiger partial charge in [-0.05, 0) is 19.3 Å². The third kappa shape index (κ3) is 2.70. The first-order valence-corrected chi connectivity index (χ1v) is 6.10. The Hall–Kier alpha value is -1.80. The Balaban J connectivity index is 2.18. The maximum Gasteiger partial charge on any atom is 0.471 e. The smallest absolute Gasteiger partial charge is 0.471 e. The number of hydrogen-bond donors (Lipinski definition) is 2. The van der Waals surface area contributed by atoms with Gasteiger partial charge in [-0.3, -0.25) is 14.4 Å². The van der Waals surface area contributed by atoms with Gasteiger partial charge in [-0.1, -0.05) is 0 Å². The number of carboxylic acid groups (broad SMARTS) is 1. The van der Waals surface area contributed by atoms with Crippen LogP contribution in [0.5, 0.6) is 0 Å². The molecule has 2 amide bonds. The van der Waals surface area contributed by atoms with E-state index in [1.165, 1.54) is 0 Å². The Morgan fingerprint density at radius 2 is 1.95 bits per heavy atom. The summed E-state index contributed by atoms with van der Waals surface area (Å²) in [5.74, 6) is -4.50. The van der Waals surface area contributed by atoms with Crippen molar-refractivity contribution in [3.63, 3.8) is 0 Å². The molecular formula is C11H13F3N2O4. The average Bonchev–Trinajstić information content (AvgIpc) is 2.34. The highest BCUT2D eigenvalue weighted by molar-refractivity contribution is 5.89. The van der Waals surface area contributed by atoms with Crippen LogP contribution >= 0.6 is 0 Å². The summed E-state index contributed by atoms with van der Waals surface area (Å²) in [7, 11) is 0. The van der Waals surface area contributed by atoms with Crippen LogP contribution in [-0.4, -0.2) is 52.6 Å². The maximum atomic E-state index is 12.5. The number of piperazine rings is 1. The molecule has 0 aromatic heterocycles. The third-order valence-electron chi connectivity index (χ3n) is 3.73. The predicted octanol–water partition coefficient (Wildman–Crippen LogP) is 0.129. The molecule has 9 heteroatoms. The Morgan fingerprint density at radius 1 is 1.30 bits per heavy atom. The molecule has 2 fully saturated rings. The van der Waals surface area contributed by atoms with Crippen molar-refractivity contribution < 1.29 is 32.7 Å². The predicted molar refractivity (Wildman–Crippen MR) is 58.5 cm³/mol. The van der Waals surface area contributed by atoms with E-state index < -0.39 is 48.5 Å². The Morgan fingerprint density at radius 3 is 2.50 bits per heavy atom. The molecule has 6 nitrogen and oxygen atoms in total. The minimum atomic E-state index is -5.04. The van der Waals surface area contributed by atoms with Crippen LogP contribution < -0.4 is 5.32 Å². The molecule has 112 valence electrons. The van der Waals surface area contributed by atoms with Crippen LogP contribution in [0.1, 0.15) is 19.3 Å². The van der Waals surface area contributed by atoms with Crippen molar-refractivity contribution in [1.29, 1.82) is 0 Å². The van der Waals surface area contributed by atoms with Crippen LogP contribution in [0.15, 0.2) is 0 Å². The van der Waals surface area contributed by atoms with Crippen LogP contribution in [0.25, 0.3) is 0 Å². The molecule has 2 N–H and O–H groups in total. The van der Waals surface area contributed by atoms with E-state index >= 15 is 0 Å². The Kier molecular flexibility index (Phi) is 3.61. The number of amides is 2. The number of carbonyl (C=O) groups excluding carboxylic acids is 2. The van der Waals surface area contributed by atoms with Crippen molar-refractivity contribution in [2.45, 2.75) is 37.5 Å². The number of hydrogen-bond acceptors (Lipinski definition) is 3. The second-order valence-electron chi connectivity index (χ2n) is 5.02. The van der Waals surface area contributed by atoms with Crippen LogP contribution in [-0.2, 0) is 14.4 Å². The Bertz CT molecular complexity index is 451. The summed E-state index contributed by atoms with van der Waals surface area (Å²) in [5.41, 5.74) is 0. The fraction of sp³-hybridized carbons (Fsp3) is 0.727. The summed E-state index contributed by atoms with van der Waals surface area (Å²) in [6.07, 6.45) is -4.68. The zero-order chi connectivity index (χ0) is 15.1. The van der Waals surface area contributed by atoms with Gasteiger partial charge in [0.2, 0.25) is 5.91 Å². The second kappa shape index (κ2) is 4.95. The molecule has 2 aliphatic rings. The van der Waals surface area contributed by atoms with Gasteiger partial charge in [-0.15, -0.1) is 0 Å². The monoisotopic (exact) mass is 294 g/mol. The Labute approximate surface area is 111 Å². The molecule has 2 rings (SSSR count). The van der Waals surface area contributed by atoms with E-state index in [2.05, 4.69) is 5.32 Å². The van der Waals surface area contributed by atoms with E-state index in [1.54, 1.807) is 0 Å². The highest BCUT2D eigenvalue weighted by Gasteiger charge is 2.50. The van der Waals surface area contributed by atoms with E-state index in [4.69, 9.17) is 5.11 Å². The first-order chi connectivity index (χ1) is 9.20. The number of carboxylic acids is 1. The topological polar surface area (TPSA) is 86.7 Å². The van der Waals surface area contributed by atoms with Gasteiger partial charge in [0.05, 0.1) is 18.0 Å². The van der Waals surface area contributed by atoms with E-state index in [9.17, 15) is 27.6 Å². The number of alkyl halides is 3. The molecule has 0 radical (unpaired) electrons. The van der Waals surface area contributed by atoms with Crippen molar-refractivity contribution >= 4 is 17.8 Å². The molecule has 1 saturated carbocycles. The number of nitrogens with zero attached hydrogens (tertiary/aromatic N) is 1. The van der Waals surface area contributed by atoms with Gasteiger partial charge in [-0.25, -0.2) is 0 Å². The molecule has 1 saturated heterocycles. The molecule has 0 bridgehead atoms. The number of carbonyl (C=O) groups is 3. The van der Waals surface area contributed by atoms with Crippen LogP contribution in [0.2, 0.25) is 0 Å². The van der Waals surface area contributed by atoms with Gasteiger partial charge in [0.15, 0.2) is 0 Å². The summed E-state index contributed by atoms with van der Waals surface area (Å²) in [6.45, 7) is -0.642. The minimum Gasteiger partial charge on any atom is -0.481 e. The van der Waals surface area contributed by atoms with Gasteiger partial charge >= 0.3 is 18.1 Å². The van der Waals surface area contributed by atoms with Gasteiger partial charge in [0.25, 0.3) is 0 Å². The lowest BCUT2D eigenvalue weighted by Crippen LogP contribution is -2.65. The molecular weight excluding hydrogens is 281 g/mol. The lowest BCUT2D eigenvalue weighted by Gasteiger charge is -2.45. The number of aliphatic carboxylic acids is 1. The molecule has 1 aliphatic heterocycles. The molecule has 20 heavy (non-hydrogen) atoms. The van der Waals surface area contributed by atoms with E-state index in [0.29, 0.717) is 4.90 Å². The number of nitrogens with one attached hydrogen (secondary N) is 1. The standard InChI is InChI=1S/C11H13F3N2O4/c12-11(13,14)10(20)16-4-8(17)15-6-3-5(9(18)19)1-2-7(6)16/h5-7H,1-4H2,(H,15,17)(H,18,19). The second-order valence-corrected chi connectivity index (χ2v) is 5.02. The fourth-order valence-electron chi connectivity index (χ4n) is 2.82. The van der Waals surface area contributed by atoms with E-state index in [1.807, 2.05) is 0 Å². The largest absolute Gasteiger partial charge is 0.481 e. The fourth-order valence-corrected chi connectivity index (χ4v) is 2.82. The zero-order valence-electron chi connectivity index (χ0n) is 10.3. The molecule has 0 aromatic rings. The number of rotatable bonds is 1.